The maximum absolute atomic E-state index is 5.66. The van der Waals surface area contributed by atoms with Crippen molar-refractivity contribution in [3.63, 3.8) is 0 Å². The van der Waals surface area contributed by atoms with Crippen molar-refractivity contribution < 1.29 is 18.9 Å². The van der Waals surface area contributed by atoms with Gasteiger partial charge in [-0.3, -0.25) is 0 Å². The molecule has 0 aliphatic rings. The maximum Gasteiger partial charge on any atom is 0.220 e. The van der Waals surface area contributed by atoms with Crippen molar-refractivity contribution in [1.29, 1.82) is 0 Å². The maximum atomic E-state index is 5.66. The third-order valence-electron chi connectivity index (χ3n) is 3.25. The minimum atomic E-state index is -0.0400. The molecule has 2 atom stereocenters. The van der Waals surface area contributed by atoms with Gasteiger partial charge in [-0.15, -0.1) is 0 Å². The Morgan fingerprint density at radius 3 is 1.75 bits per heavy atom. The zero-order valence-electron chi connectivity index (χ0n) is 14.6. The zero-order chi connectivity index (χ0) is 17.6. The second-order valence-corrected chi connectivity index (χ2v) is 5.24. The van der Waals surface area contributed by atoms with Crippen molar-refractivity contribution in [2.24, 2.45) is 0 Å². The Hall–Kier alpha value is -2.24. The van der Waals surface area contributed by atoms with Crippen LogP contribution in [0.3, 0.4) is 0 Å². The van der Waals surface area contributed by atoms with Crippen LogP contribution in [0.15, 0.2) is 38.1 Å². The van der Waals surface area contributed by atoms with Gasteiger partial charge in [0.05, 0.1) is 18.6 Å². The van der Waals surface area contributed by atoms with Crippen molar-refractivity contribution >= 4 is 0 Å². The van der Waals surface area contributed by atoms with Crippen LogP contribution in [-0.2, 0) is 9.47 Å². The fraction of sp³-hybridized carbons (Fsp3) is 0.556. The van der Waals surface area contributed by atoms with Crippen LogP contribution in [0, 0.1) is 0 Å². The average molecular weight is 336 g/mol. The van der Waals surface area contributed by atoms with Crippen LogP contribution in [0.2, 0.25) is 0 Å². The summed E-state index contributed by atoms with van der Waals surface area (Å²) in [5.74, 6) is 0.899. The van der Waals surface area contributed by atoms with Gasteiger partial charge in [-0.25, -0.2) is 9.97 Å². The largest absolute Gasteiger partial charge is 0.495 e. The highest BCUT2D eigenvalue weighted by molar-refractivity contribution is 5.18. The smallest absolute Gasteiger partial charge is 0.220 e. The first-order chi connectivity index (χ1) is 11.7. The predicted molar refractivity (Wildman–Crippen MR) is 93.0 cm³/mol. The Labute approximate surface area is 144 Å². The minimum absolute atomic E-state index is 0.0400. The van der Waals surface area contributed by atoms with Gasteiger partial charge >= 0.3 is 0 Å². The average Bonchev–Trinajstić information content (AvgIpc) is 2.59. The van der Waals surface area contributed by atoms with Crippen LogP contribution in [0.5, 0.6) is 11.8 Å². The Morgan fingerprint density at radius 1 is 0.917 bits per heavy atom. The second kappa shape index (κ2) is 12.2. The number of ether oxygens (including phenoxy) is 4. The molecule has 24 heavy (non-hydrogen) atoms. The summed E-state index contributed by atoms with van der Waals surface area (Å²) in [4.78, 5) is 8.18. The van der Waals surface area contributed by atoms with Crippen LogP contribution in [0.4, 0.5) is 0 Å². The van der Waals surface area contributed by atoms with E-state index in [2.05, 4.69) is 37.0 Å². The summed E-state index contributed by atoms with van der Waals surface area (Å²) >= 11 is 0. The summed E-state index contributed by atoms with van der Waals surface area (Å²) in [7, 11) is 0. The molecular weight excluding hydrogens is 308 g/mol. The molecule has 1 rings (SSSR count). The number of aromatic nitrogens is 2. The van der Waals surface area contributed by atoms with Gasteiger partial charge in [0.2, 0.25) is 11.8 Å². The minimum Gasteiger partial charge on any atom is -0.495 e. The number of hydrogen-bond donors (Lipinski definition) is 0. The molecule has 0 aromatic carbocycles. The first-order valence-corrected chi connectivity index (χ1v) is 8.33. The number of rotatable bonds is 14. The SMILES string of the molecule is C=COC(CCC)COc1cc(OCC(CCC)OC=C)ncn1. The van der Waals surface area contributed by atoms with Crippen molar-refractivity contribution in [2.45, 2.75) is 51.7 Å². The van der Waals surface area contributed by atoms with E-state index in [0.717, 1.165) is 25.7 Å². The monoisotopic (exact) mass is 336 g/mol. The highest BCUT2D eigenvalue weighted by Gasteiger charge is 2.11. The molecule has 1 heterocycles. The van der Waals surface area contributed by atoms with E-state index in [-0.39, 0.29) is 12.2 Å². The van der Waals surface area contributed by atoms with E-state index in [1.165, 1.54) is 18.9 Å². The molecule has 0 aliphatic heterocycles. The Balaban J connectivity index is 2.52. The number of nitrogens with zero attached hydrogens (tertiary/aromatic N) is 2. The molecule has 0 bridgehead atoms. The standard InChI is InChI=1S/C18H28N2O4/c1-5-9-15(21-7-3)12-23-17-11-18(20-14-19-17)24-13-16(10-6-2)22-8-4/h7-8,11,14-16H,3-6,9-10,12-13H2,1-2H3. The highest BCUT2D eigenvalue weighted by Crippen LogP contribution is 2.15. The summed E-state index contributed by atoms with van der Waals surface area (Å²) in [5, 5.41) is 0. The first kappa shape index (κ1) is 19.8. The van der Waals surface area contributed by atoms with Gasteiger partial charge in [-0.1, -0.05) is 39.8 Å². The van der Waals surface area contributed by atoms with Gasteiger partial charge in [0.15, 0.2) is 0 Å². The number of hydrogen-bond acceptors (Lipinski definition) is 6. The fourth-order valence-electron chi connectivity index (χ4n) is 2.13. The lowest BCUT2D eigenvalue weighted by atomic mass is 10.2. The van der Waals surface area contributed by atoms with Crippen LogP contribution in [0.25, 0.3) is 0 Å². The molecule has 0 saturated carbocycles. The molecule has 0 aliphatic carbocycles. The second-order valence-electron chi connectivity index (χ2n) is 5.24. The van der Waals surface area contributed by atoms with E-state index >= 15 is 0 Å². The van der Waals surface area contributed by atoms with Crippen molar-refractivity contribution in [3.8, 4) is 11.8 Å². The van der Waals surface area contributed by atoms with Crippen LogP contribution >= 0.6 is 0 Å². The van der Waals surface area contributed by atoms with Gasteiger partial charge in [-0.05, 0) is 12.8 Å². The molecule has 6 heteroatoms. The molecule has 1 aromatic rings. The lowest BCUT2D eigenvalue weighted by Crippen LogP contribution is -2.21. The molecule has 0 amide bonds. The van der Waals surface area contributed by atoms with Crippen molar-refractivity contribution in [2.75, 3.05) is 13.2 Å². The summed E-state index contributed by atoms with van der Waals surface area (Å²) < 4.78 is 22.1. The van der Waals surface area contributed by atoms with E-state index < -0.39 is 0 Å². The topological polar surface area (TPSA) is 62.7 Å². The van der Waals surface area contributed by atoms with Crippen molar-refractivity contribution in [3.05, 3.63) is 38.1 Å². The van der Waals surface area contributed by atoms with Crippen LogP contribution < -0.4 is 9.47 Å². The molecule has 134 valence electrons. The highest BCUT2D eigenvalue weighted by atomic mass is 16.5. The van der Waals surface area contributed by atoms with Crippen LogP contribution in [-0.4, -0.2) is 35.4 Å². The molecule has 6 nitrogen and oxygen atoms in total. The van der Waals surface area contributed by atoms with Gasteiger partial charge in [0, 0.05) is 0 Å². The van der Waals surface area contributed by atoms with Crippen molar-refractivity contribution in [1.82, 2.24) is 9.97 Å². The normalized spacial score (nSPS) is 12.8. The molecule has 0 N–H and O–H groups in total. The van der Waals surface area contributed by atoms with Gasteiger partial charge in [0.25, 0.3) is 0 Å². The molecule has 1 aromatic heterocycles. The van der Waals surface area contributed by atoms with E-state index in [1.807, 2.05) is 0 Å². The summed E-state index contributed by atoms with van der Waals surface area (Å²) in [6, 6.07) is 1.66. The predicted octanol–water partition coefficient (Wildman–Crippen LogP) is 3.89. The third-order valence-corrected chi connectivity index (χ3v) is 3.25. The molecular formula is C18H28N2O4. The Bertz CT molecular complexity index is 443. The summed E-state index contributed by atoms with van der Waals surface area (Å²) in [5.41, 5.74) is 0. The molecule has 0 saturated heterocycles. The van der Waals surface area contributed by atoms with Gasteiger partial charge in [-0.2, -0.15) is 0 Å². The molecule has 0 spiro atoms. The first-order valence-electron chi connectivity index (χ1n) is 8.33. The van der Waals surface area contributed by atoms with E-state index in [1.54, 1.807) is 6.07 Å². The van der Waals surface area contributed by atoms with Crippen LogP contribution in [0.1, 0.15) is 39.5 Å². The quantitative estimate of drug-likeness (QED) is 0.480. The van der Waals surface area contributed by atoms with E-state index in [0.29, 0.717) is 25.0 Å². The molecule has 0 radical (unpaired) electrons. The molecule has 0 fully saturated rings. The third kappa shape index (κ3) is 7.85. The lowest BCUT2D eigenvalue weighted by molar-refractivity contribution is 0.0757. The summed E-state index contributed by atoms with van der Waals surface area (Å²) in [6.07, 6.45) is 7.98. The Morgan fingerprint density at radius 2 is 1.38 bits per heavy atom. The van der Waals surface area contributed by atoms with Gasteiger partial charge < -0.3 is 18.9 Å². The van der Waals surface area contributed by atoms with E-state index in [9.17, 15) is 0 Å². The zero-order valence-corrected chi connectivity index (χ0v) is 14.6. The molecule has 2 unspecified atom stereocenters. The lowest BCUT2D eigenvalue weighted by Gasteiger charge is -2.17. The van der Waals surface area contributed by atoms with E-state index in [4.69, 9.17) is 18.9 Å². The van der Waals surface area contributed by atoms with Gasteiger partial charge in [0.1, 0.15) is 31.7 Å². The fourth-order valence-corrected chi connectivity index (χ4v) is 2.13. The Kier molecular flexibility index (Phi) is 10.1. The summed E-state index contributed by atoms with van der Waals surface area (Å²) in [6.45, 7) is 12.1.